The summed E-state index contributed by atoms with van der Waals surface area (Å²) in [6.07, 6.45) is 1.55. The highest BCUT2D eigenvalue weighted by Crippen LogP contribution is 2.23. The van der Waals surface area contributed by atoms with Crippen molar-refractivity contribution in [2.45, 2.75) is 17.7 Å². The van der Waals surface area contributed by atoms with E-state index >= 15 is 0 Å². The molecule has 0 aromatic heterocycles. The quantitative estimate of drug-likeness (QED) is 0.462. The van der Waals surface area contributed by atoms with Crippen molar-refractivity contribution in [3.05, 3.63) is 88.9 Å². The minimum atomic E-state index is -3.73. The van der Waals surface area contributed by atoms with Gasteiger partial charge in [-0.15, -0.1) is 0 Å². The van der Waals surface area contributed by atoms with Gasteiger partial charge in [0.15, 0.2) is 0 Å². The normalized spacial score (nSPS) is 11.0. The molecule has 1 amide bonds. The predicted molar refractivity (Wildman–Crippen MR) is 122 cm³/mol. The Bertz CT molecular complexity index is 1150. The van der Waals surface area contributed by atoms with Gasteiger partial charge in [-0.2, -0.15) is 0 Å². The second-order valence-electron chi connectivity index (χ2n) is 6.82. The Labute approximate surface area is 187 Å². The lowest BCUT2D eigenvalue weighted by atomic mass is 10.1. The van der Waals surface area contributed by atoms with Crippen LogP contribution in [0.4, 0.5) is 5.69 Å². The highest BCUT2D eigenvalue weighted by atomic mass is 35.5. The van der Waals surface area contributed by atoms with Crippen LogP contribution < -0.4 is 14.8 Å². The Kier molecular flexibility index (Phi) is 7.55. The first-order valence-corrected chi connectivity index (χ1v) is 11.5. The maximum atomic E-state index is 12.4. The summed E-state index contributed by atoms with van der Waals surface area (Å²) in [5.41, 5.74) is 1.69. The van der Waals surface area contributed by atoms with Crippen LogP contribution in [0, 0.1) is 0 Å². The number of rotatable bonds is 9. The average Bonchev–Trinajstić information content (AvgIpc) is 2.77. The third-order valence-corrected chi connectivity index (χ3v) is 6.29. The van der Waals surface area contributed by atoms with E-state index in [4.69, 9.17) is 16.3 Å². The first kappa shape index (κ1) is 22.7. The van der Waals surface area contributed by atoms with Gasteiger partial charge < -0.3 is 10.1 Å². The molecule has 0 aliphatic heterocycles. The van der Waals surface area contributed by atoms with E-state index in [9.17, 15) is 13.2 Å². The molecule has 3 aromatic carbocycles. The molecule has 6 nitrogen and oxygen atoms in total. The van der Waals surface area contributed by atoms with Crippen molar-refractivity contribution in [2.75, 3.05) is 18.4 Å². The van der Waals surface area contributed by atoms with Crippen LogP contribution >= 0.6 is 11.6 Å². The van der Waals surface area contributed by atoms with Gasteiger partial charge in [0.1, 0.15) is 5.75 Å². The molecule has 8 heteroatoms. The summed E-state index contributed by atoms with van der Waals surface area (Å²) in [7, 11) is -2.10. The van der Waals surface area contributed by atoms with E-state index in [0.29, 0.717) is 6.54 Å². The van der Waals surface area contributed by atoms with E-state index in [2.05, 4.69) is 10.0 Å². The van der Waals surface area contributed by atoms with Gasteiger partial charge in [-0.05, 0) is 60.9 Å². The molecule has 0 bridgehead atoms. The minimum absolute atomic E-state index is 0.143. The standard InChI is InChI=1S/C23H23ClN2O4S/c1-30-19-9-5-7-17(15-19)8-6-14-25-23(27)21-13-12-18(16-22(21)24)26-31(28,29)20-10-3-2-4-11-20/h2-5,7,9-13,15-16,26H,6,8,14H2,1H3,(H,25,27). The van der Waals surface area contributed by atoms with Gasteiger partial charge in [-0.1, -0.05) is 41.9 Å². The SMILES string of the molecule is COc1cccc(CCCNC(=O)c2ccc(NS(=O)(=O)c3ccccc3)cc2Cl)c1. The Hall–Kier alpha value is -3.03. The fraction of sp³-hybridized carbons (Fsp3) is 0.174. The zero-order valence-corrected chi connectivity index (χ0v) is 18.5. The van der Waals surface area contributed by atoms with Crippen LogP contribution in [0.1, 0.15) is 22.3 Å². The third kappa shape index (κ3) is 6.23. The number of methoxy groups -OCH3 is 1. The minimum Gasteiger partial charge on any atom is -0.497 e. The lowest BCUT2D eigenvalue weighted by molar-refractivity contribution is 0.0953. The molecular weight excluding hydrogens is 436 g/mol. The second-order valence-corrected chi connectivity index (χ2v) is 8.91. The summed E-state index contributed by atoms with van der Waals surface area (Å²) in [6, 6.07) is 20.2. The van der Waals surface area contributed by atoms with E-state index in [1.165, 1.54) is 30.3 Å². The fourth-order valence-electron chi connectivity index (χ4n) is 2.99. The van der Waals surface area contributed by atoms with Crippen molar-refractivity contribution in [1.82, 2.24) is 5.32 Å². The monoisotopic (exact) mass is 458 g/mol. The Balaban J connectivity index is 1.56. The smallest absolute Gasteiger partial charge is 0.261 e. The Morgan fingerprint density at radius 2 is 1.77 bits per heavy atom. The average molecular weight is 459 g/mol. The van der Waals surface area contributed by atoms with Crippen molar-refractivity contribution in [3.63, 3.8) is 0 Å². The molecular formula is C23H23ClN2O4S. The molecule has 0 unspecified atom stereocenters. The van der Waals surface area contributed by atoms with Crippen LogP contribution in [0.3, 0.4) is 0 Å². The van der Waals surface area contributed by atoms with Gasteiger partial charge in [0, 0.05) is 6.54 Å². The molecule has 0 saturated heterocycles. The van der Waals surface area contributed by atoms with Crippen LogP contribution in [0.5, 0.6) is 5.75 Å². The lowest BCUT2D eigenvalue weighted by Gasteiger charge is -2.11. The number of aryl methyl sites for hydroxylation is 1. The number of halogens is 1. The number of amides is 1. The van der Waals surface area contributed by atoms with Gasteiger partial charge in [0.2, 0.25) is 0 Å². The second kappa shape index (κ2) is 10.3. The van der Waals surface area contributed by atoms with Gasteiger partial charge in [-0.25, -0.2) is 8.42 Å². The summed E-state index contributed by atoms with van der Waals surface area (Å²) in [5, 5.41) is 3.00. The van der Waals surface area contributed by atoms with Gasteiger partial charge in [0.25, 0.3) is 15.9 Å². The summed E-state index contributed by atoms with van der Waals surface area (Å²) < 4.78 is 32.5. The van der Waals surface area contributed by atoms with E-state index in [1.807, 2.05) is 24.3 Å². The van der Waals surface area contributed by atoms with Crippen molar-refractivity contribution >= 4 is 33.2 Å². The number of anilines is 1. The fourth-order valence-corrected chi connectivity index (χ4v) is 4.33. The van der Waals surface area contributed by atoms with Crippen molar-refractivity contribution in [3.8, 4) is 5.75 Å². The zero-order valence-electron chi connectivity index (χ0n) is 17.0. The topological polar surface area (TPSA) is 84.5 Å². The number of hydrogen-bond acceptors (Lipinski definition) is 4. The number of nitrogens with one attached hydrogen (secondary N) is 2. The molecule has 162 valence electrons. The maximum Gasteiger partial charge on any atom is 0.261 e. The molecule has 0 fully saturated rings. The van der Waals surface area contributed by atoms with E-state index in [-0.39, 0.29) is 27.1 Å². The zero-order chi connectivity index (χ0) is 22.3. The summed E-state index contributed by atoms with van der Waals surface area (Å²) in [5.74, 6) is 0.490. The first-order valence-electron chi connectivity index (χ1n) is 9.67. The van der Waals surface area contributed by atoms with Crippen LogP contribution in [-0.4, -0.2) is 28.0 Å². The van der Waals surface area contributed by atoms with Crippen molar-refractivity contribution in [1.29, 1.82) is 0 Å². The molecule has 2 N–H and O–H groups in total. The van der Waals surface area contributed by atoms with Gasteiger partial charge >= 0.3 is 0 Å². The number of hydrogen-bond donors (Lipinski definition) is 2. The molecule has 0 heterocycles. The van der Waals surface area contributed by atoms with Gasteiger partial charge in [0.05, 0.1) is 28.3 Å². The van der Waals surface area contributed by atoms with Gasteiger partial charge in [-0.3, -0.25) is 9.52 Å². The highest BCUT2D eigenvalue weighted by molar-refractivity contribution is 7.92. The number of carbonyl (C=O) groups is 1. The predicted octanol–water partition coefficient (Wildman–Crippen LogP) is 4.51. The van der Waals surface area contributed by atoms with Crippen molar-refractivity contribution in [2.24, 2.45) is 0 Å². The first-order chi connectivity index (χ1) is 14.9. The number of sulfonamides is 1. The lowest BCUT2D eigenvalue weighted by Crippen LogP contribution is -2.25. The van der Waals surface area contributed by atoms with E-state index < -0.39 is 10.0 Å². The molecule has 3 aromatic rings. The largest absolute Gasteiger partial charge is 0.497 e. The van der Waals surface area contributed by atoms with E-state index in [0.717, 1.165) is 24.2 Å². The third-order valence-electron chi connectivity index (χ3n) is 4.58. The Morgan fingerprint density at radius 1 is 1.00 bits per heavy atom. The maximum absolute atomic E-state index is 12.4. The highest BCUT2D eigenvalue weighted by Gasteiger charge is 2.16. The number of ether oxygens (including phenoxy) is 1. The van der Waals surface area contributed by atoms with Crippen LogP contribution in [-0.2, 0) is 16.4 Å². The molecule has 0 spiro atoms. The van der Waals surface area contributed by atoms with Crippen LogP contribution in [0.25, 0.3) is 0 Å². The molecule has 0 saturated carbocycles. The van der Waals surface area contributed by atoms with Crippen LogP contribution in [0.2, 0.25) is 5.02 Å². The molecule has 0 aliphatic rings. The van der Waals surface area contributed by atoms with Crippen LogP contribution in [0.15, 0.2) is 77.7 Å². The number of benzene rings is 3. The summed E-state index contributed by atoms with van der Waals surface area (Å²) in [4.78, 5) is 12.6. The van der Waals surface area contributed by atoms with Crippen molar-refractivity contribution < 1.29 is 17.9 Å². The molecule has 0 aliphatic carbocycles. The Morgan fingerprint density at radius 3 is 2.48 bits per heavy atom. The summed E-state index contributed by atoms with van der Waals surface area (Å²) >= 11 is 6.23. The molecule has 0 atom stereocenters. The molecule has 3 rings (SSSR count). The number of carbonyl (C=O) groups excluding carboxylic acids is 1. The molecule has 31 heavy (non-hydrogen) atoms. The summed E-state index contributed by atoms with van der Waals surface area (Å²) in [6.45, 7) is 0.481. The molecule has 0 radical (unpaired) electrons. The van der Waals surface area contributed by atoms with E-state index in [1.54, 1.807) is 25.3 Å².